The van der Waals surface area contributed by atoms with Crippen LogP contribution in [0.5, 0.6) is 5.75 Å². The van der Waals surface area contributed by atoms with Gasteiger partial charge in [0.05, 0.1) is 12.2 Å². The lowest BCUT2D eigenvalue weighted by Gasteiger charge is -2.29. The van der Waals surface area contributed by atoms with E-state index in [-0.39, 0.29) is 18.4 Å². The Labute approximate surface area is 159 Å². The maximum atomic E-state index is 12.7. The van der Waals surface area contributed by atoms with Crippen LogP contribution in [0.3, 0.4) is 0 Å². The Morgan fingerprint density at radius 2 is 2.00 bits per heavy atom. The number of carbonyl (C=O) groups excluding carboxylic acids is 2. The van der Waals surface area contributed by atoms with Gasteiger partial charge in [0.2, 0.25) is 0 Å². The number of carbonyl (C=O) groups is 2. The Hall–Kier alpha value is -2.86. The number of nitrogens with zero attached hydrogens (tertiary/aromatic N) is 1. The molecule has 6 nitrogen and oxygen atoms in total. The van der Waals surface area contributed by atoms with E-state index in [1.165, 1.54) is 7.11 Å². The fourth-order valence-electron chi connectivity index (χ4n) is 3.27. The van der Waals surface area contributed by atoms with E-state index in [1.54, 1.807) is 17.0 Å². The minimum Gasteiger partial charge on any atom is -0.493 e. The van der Waals surface area contributed by atoms with Crippen molar-refractivity contribution in [2.75, 3.05) is 37.1 Å². The Morgan fingerprint density at radius 3 is 2.78 bits per heavy atom. The van der Waals surface area contributed by atoms with Crippen molar-refractivity contribution in [3.05, 3.63) is 53.6 Å². The molecule has 0 saturated heterocycles. The van der Waals surface area contributed by atoms with Crippen LogP contribution >= 0.6 is 0 Å². The number of nitrogens with one attached hydrogen (secondary N) is 1. The van der Waals surface area contributed by atoms with Crippen LogP contribution in [0, 0.1) is 0 Å². The first-order chi connectivity index (χ1) is 13.1. The van der Waals surface area contributed by atoms with Crippen molar-refractivity contribution in [2.24, 2.45) is 0 Å². The first kappa shape index (κ1) is 18.9. The van der Waals surface area contributed by atoms with E-state index in [0.29, 0.717) is 30.2 Å². The van der Waals surface area contributed by atoms with Crippen LogP contribution in [-0.4, -0.2) is 38.7 Å². The molecule has 6 heteroatoms. The summed E-state index contributed by atoms with van der Waals surface area (Å²) in [5, 5.41) is 2.93. The number of hydrogen-bond acceptors (Lipinski definition) is 4. The molecule has 0 atom stereocenters. The van der Waals surface area contributed by atoms with Gasteiger partial charge >= 0.3 is 0 Å². The van der Waals surface area contributed by atoms with Crippen LogP contribution in [0.4, 0.5) is 11.4 Å². The molecule has 27 heavy (non-hydrogen) atoms. The highest BCUT2D eigenvalue weighted by Crippen LogP contribution is 2.30. The molecule has 0 radical (unpaired) electrons. The molecule has 0 bridgehead atoms. The lowest BCUT2D eigenvalue weighted by molar-refractivity contribution is -0.122. The lowest BCUT2D eigenvalue weighted by Crippen LogP contribution is -2.37. The number of anilines is 2. The van der Waals surface area contributed by atoms with Gasteiger partial charge in [-0.2, -0.15) is 0 Å². The average Bonchev–Trinajstić information content (AvgIpc) is 2.68. The van der Waals surface area contributed by atoms with Crippen molar-refractivity contribution in [1.29, 1.82) is 0 Å². The van der Waals surface area contributed by atoms with Gasteiger partial charge in [0.25, 0.3) is 11.8 Å². The molecule has 0 fully saturated rings. The number of fused-ring (bicyclic) bond motifs is 1. The fourth-order valence-corrected chi connectivity index (χ4v) is 3.27. The first-order valence-corrected chi connectivity index (χ1v) is 9.09. The summed E-state index contributed by atoms with van der Waals surface area (Å²) in [5.41, 5.74) is 3.12. The lowest BCUT2D eigenvalue weighted by atomic mass is 10.0. The second-order valence-electron chi connectivity index (χ2n) is 6.31. The van der Waals surface area contributed by atoms with Crippen molar-refractivity contribution in [2.45, 2.75) is 19.8 Å². The second-order valence-corrected chi connectivity index (χ2v) is 6.31. The summed E-state index contributed by atoms with van der Waals surface area (Å²) in [6, 6.07) is 12.8. The van der Waals surface area contributed by atoms with Crippen LogP contribution in [0.15, 0.2) is 42.5 Å². The summed E-state index contributed by atoms with van der Waals surface area (Å²) in [6.07, 6.45) is 1.75. The quantitative estimate of drug-likeness (QED) is 0.850. The van der Waals surface area contributed by atoms with E-state index in [9.17, 15) is 9.59 Å². The molecule has 0 saturated carbocycles. The predicted octanol–water partition coefficient (Wildman–Crippen LogP) is 3.26. The number of amides is 2. The SMILES string of the molecule is CCOc1ccccc1C(=O)Nc1ccc2c(c1)CCCN2C(=O)COC. The minimum absolute atomic E-state index is 0.0547. The van der Waals surface area contributed by atoms with E-state index < -0.39 is 0 Å². The third-order valence-corrected chi connectivity index (χ3v) is 4.46. The van der Waals surface area contributed by atoms with E-state index in [2.05, 4.69) is 5.32 Å². The summed E-state index contributed by atoms with van der Waals surface area (Å²) in [5.74, 6) is 0.287. The highest BCUT2D eigenvalue weighted by Gasteiger charge is 2.23. The van der Waals surface area contributed by atoms with Gasteiger partial charge in [-0.25, -0.2) is 0 Å². The molecule has 2 aromatic rings. The monoisotopic (exact) mass is 368 g/mol. The third-order valence-electron chi connectivity index (χ3n) is 4.46. The zero-order valence-corrected chi connectivity index (χ0v) is 15.7. The molecular formula is C21H24N2O4. The van der Waals surface area contributed by atoms with Gasteiger partial charge in [0.1, 0.15) is 12.4 Å². The van der Waals surface area contributed by atoms with E-state index in [1.807, 2.05) is 37.3 Å². The topological polar surface area (TPSA) is 67.9 Å². The Kier molecular flexibility index (Phi) is 6.08. The predicted molar refractivity (Wildman–Crippen MR) is 105 cm³/mol. The van der Waals surface area contributed by atoms with Gasteiger partial charge in [-0.05, 0) is 55.7 Å². The summed E-state index contributed by atoms with van der Waals surface area (Å²) < 4.78 is 10.5. The molecule has 1 aliphatic rings. The van der Waals surface area contributed by atoms with Crippen molar-refractivity contribution in [3.8, 4) is 5.75 Å². The van der Waals surface area contributed by atoms with Crippen LogP contribution in [0.1, 0.15) is 29.3 Å². The number of aryl methyl sites for hydroxylation is 1. The van der Waals surface area contributed by atoms with Gasteiger partial charge < -0.3 is 19.7 Å². The largest absolute Gasteiger partial charge is 0.493 e. The molecule has 1 heterocycles. The van der Waals surface area contributed by atoms with Crippen LogP contribution < -0.4 is 15.0 Å². The minimum atomic E-state index is -0.220. The molecule has 0 spiro atoms. The summed E-state index contributed by atoms with van der Waals surface area (Å²) >= 11 is 0. The molecule has 0 aromatic heterocycles. The molecule has 142 valence electrons. The Morgan fingerprint density at radius 1 is 1.19 bits per heavy atom. The fraction of sp³-hybridized carbons (Fsp3) is 0.333. The third kappa shape index (κ3) is 4.28. The molecule has 2 amide bonds. The molecular weight excluding hydrogens is 344 g/mol. The van der Waals surface area contributed by atoms with Crippen molar-refractivity contribution >= 4 is 23.2 Å². The van der Waals surface area contributed by atoms with Gasteiger partial charge in [0.15, 0.2) is 0 Å². The highest BCUT2D eigenvalue weighted by molar-refractivity contribution is 6.06. The highest BCUT2D eigenvalue weighted by atomic mass is 16.5. The van der Waals surface area contributed by atoms with E-state index in [4.69, 9.17) is 9.47 Å². The standard InChI is InChI=1S/C21H24N2O4/c1-3-27-19-9-5-4-8-17(19)21(25)22-16-10-11-18-15(13-16)7-6-12-23(18)20(24)14-26-2/h4-5,8-11,13H,3,6-7,12,14H2,1-2H3,(H,22,25). The number of methoxy groups -OCH3 is 1. The Balaban J connectivity index is 1.79. The number of para-hydroxylation sites is 1. The zero-order valence-electron chi connectivity index (χ0n) is 15.7. The maximum Gasteiger partial charge on any atom is 0.259 e. The summed E-state index contributed by atoms with van der Waals surface area (Å²) in [4.78, 5) is 26.6. The van der Waals surface area contributed by atoms with Crippen molar-refractivity contribution in [3.63, 3.8) is 0 Å². The number of rotatable bonds is 6. The molecule has 3 rings (SSSR count). The number of benzene rings is 2. The molecule has 1 aliphatic heterocycles. The van der Waals surface area contributed by atoms with Crippen molar-refractivity contribution < 1.29 is 19.1 Å². The molecule has 1 N–H and O–H groups in total. The van der Waals surface area contributed by atoms with Crippen LogP contribution in [0.25, 0.3) is 0 Å². The number of hydrogen-bond donors (Lipinski definition) is 1. The average molecular weight is 368 g/mol. The summed E-state index contributed by atoms with van der Waals surface area (Å²) in [6.45, 7) is 3.12. The second kappa shape index (κ2) is 8.68. The molecule has 0 aliphatic carbocycles. The van der Waals surface area contributed by atoms with Gasteiger partial charge in [-0.1, -0.05) is 12.1 Å². The van der Waals surface area contributed by atoms with Crippen molar-refractivity contribution in [1.82, 2.24) is 0 Å². The van der Waals surface area contributed by atoms with Crippen LogP contribution in [-0.2, 0) is 16.0 Å². The molecule has 2 aromatic carbocycles. The Bertz CT molecular complexity index is 835. The maximum absolute atomic E-state index is 12.7. The molecule has 0 unspecified atom stereocenters. The van der Waals surface area contributed by atoms with Gasteiger partial charge in [-0.15, -0.1) is 0 Å². The summed E-state index contributed by atoms with van der Waals surface area (Å²) in [7, 11) is 1.52. The smallest absolute Gasteiger partial charge is 0.259 e. The number of ether oxygens (including phenoxy) is 2. The normalized spacial score (nSPS) is 13.0. The van der Waals surface area contributed by atoms with Gasteiger partial charge in [0, 0.05) is 25.0 Å². The van der Waals surface area contributed by atoms with Crippen LogP contribution in [0.2, 0.25) is 0 Å². The van der Waals surface area contributed by atoms with Gasteiger partial charge in [-0.3, -0.25) is 9.59 Å². The first-order valence-electron chi connectivity index (χ1n) is 9.09. The zero-order chi connectivity index (χ0) is 19.2. The van der Waals surface area contributed by atoms with E-state index in [0.717, 1.165) is 24.1 Å². The van der Waals surface area contributed by atoms with E-state index >= 15 is 0 Å².